The summed E-state index contributed by atoms with van der Waals surface area (Å²) in [6, 6.07) is 0. The van der Waals surface area contributed by atoms with Crippen molar-refractivity contribution in [3.63, 3.8) is 0 Å². The fourth-order valence-electron chi connectivity index (χ4n) is 0.777. The van der Waals surface area contributed by atoms with Crippen molar-refractivity contribution in [2.45, 2.75) is 13.8 Å². The predicted octanol–water partition coefficient (Wildman–Crippen LogP) is 2.82. The van der Waals surface area contributed by atoms with E-state index < -0.39 is 0 Å². The number of carbonyl (C=O) groups is 1. The largest absolute Gasteiger partial charge is 0.298 e. The highest BCUT2D eigenvalue weighted by Gasteiger charge is 1.86. The van der Waals surface area contributed by atoms with Gasteiger partial charge in [-0.2, -0.15) is 0 Å². The van der Waals surface area contributed by atoms with E-state index >= 15 is 0 Å². The molecule has 0 aliphatic heterocycles. The van der Waals surface area contributed by atoms with Gasteiger partial charge < -0.3 is 0 Å². The molecule has 12 heavy (non-hydrogen) atoms. The smallest absolute Gasteiger partial charge is 0.145 e. The number of hydrogen-bond acceptors (Lipinski definition) is 1. The van der Waals surface area contributed by atoms with E-state index in [1.54, 1.807) is 13.0 Å². The van der Waals surface area contributed by atoms with Crippen LogP contribution in [0.25, 0.3) is 0 Å². The second-order valence-corrected chi connectivity index (χ2v) is 2.41. The fraction of sp³-hybridized carbons (Fsp3) is 0.182. The SMILES string of the molecule is C=C/C=C(\C=C/C)/C=C(\C)C=O. The van der Waals surface area contributed by atoms with Gasteiger partial charge in [0.2, 0.25) is 0 Å². The zero-order valence-corrected chi connectivity index (χ0v) is 7.58. The zero-order valence-electron chi connectivity index (χ0n) is 7.58. The van der Waals surface area contributed by atoms with Crippen molar-refractivity contribution >= 4 is 6.29 Å². The first-order valence-electron chi connectivity index (χ1n) is 3.83. The summed E-state index contributed by atoms with van der Waals surface area (Å²) in [6.45, 7) is 7.29. The molecule has 0 unspecified atom stereocenters. The highest BCUT2D eigenvalue weighted by molar-refractivity contribution is 5.73. The van der Waals surface area contributed by atoms with Crippen LogP contribution in [0.1, 0.15) is 13.8 Å². The summed E-state index contributed by atoms with van der Waals surface area (Å²) in [5.74, 6) is 0. The Balaban J connectivity index is 4.64. The Morgan fingerprint density at radius 1 is 1.42 bits per heavy atom. The Hall–Kier alpha value is -1.37. The summed E-state index contributed by atoms with van der Waals surface area (Å²) in [7, 11) is 0. The molecular weight excluding hydrogens is 148 g/mol. The average molecular weight is 162 g/mol. The first-order valence-corrected chi connectivity index (χ1v) is 3.83. The summed E-state index contributed by atoms with van der Waals surface area (Å²) in [5, 5.41) is 0. The van der Waals surface area contributed by atoms with E-state index in [0.29, 0.717) is 5.57 Å². The minimum atomic E-state index is 0.709. The van der Waals surface area contributed by atoms with E-state index in [4.69, 9.17) is 0 Å². The molecule has 0 aromatic heterocycles. The number of aldehydes is 1. The van der Waals surface area contributed by atoms with Crippen LogP contribution in [0.5, 0.6) is 0 Å². The quantitative estimate of drug-likeness (QED) is 0.353. The molecule has 0 saturated carbocycles. The summed E-state index contributed by atoms with van der Waals surface area (Å²) >= 11 is 0. The maximum absolute atomic E-state index is 10.3. The molecule has 0 bridgehead atoms. The van der Waals surface area contributed by atoms with Gasteiger partial charge in [-0.15, -0.1) is 0 Å². The second-order valence-electron chi connectivity index (χ2n) is 2.41. The van der Waals surface area contributed by atoms with Gasteiger partial charge in [-0.25, -0.2) is 0 Å². The molecular formula is C11H14O. The Morgan fingerprint density at radius 3 is 2.50 bits per heavy atom. The minimum absolute atomic E-state index is 0.709. The third-order valence-corrected chi connectivity index (χ3v) is 1.25. The highest BCUT2D eigenvalue weighted by atomic mass is 16.1. The Labute approximate surface area is 73.8 Å². The normalized spacial score (nSPS) is 13.5. The summed E-state index contributed by atoms with van der Waals surface area (Å²) in [4.78, 5) is 10.3. The Morgan fingerprint density at radius 2 is 2.08 bits per heavy atom. The zero-order chi connectivity index (χ0) is 9.40. The van der Waals surface area contributed by atoms with E-state index in [2.05, 4.69) is 6.58 Å². The number of allylic oxidation sites excluding steroid dienone is 7. The van der Waals surface area contributed by atoms with Crippen molar-refractivity contribution in [3.8, 4) is 0 Å². The lowest BCUT2D eigenvalue weighted by Crippen LogP contribution is -1.78. The summed E-state index contributed by atoms with van der Waals surface area (Å²) in [6.07, 6.45) is 10.0. The molecule has 0 aromatic carbocycles. The predicted molar refractivity (Wildman–Crippen MR) is 52.9 cm³/mol. The van der Waals surface area contributed by atoms with Crippen LogP contribution in [0.2, 0.25) is 0 Å². The molecule has 0 spiro atoms. The van der Waals surface area contributed by atoms with Crippen LogP contribution in [0.4, 0.5) is 0 Å². The molecule has 0 fully saturated rings. The molecule has 0 atom stereocenters. The molecule has 0 saturated heterocycles. The maximum atomic E-state index is 10.3. The molecule has 0 N–H and O–H groups in total. The number of rotatable bonds is 4. The van der Waals surface area contributed by atoms with Gasteiger partial charge in [0.25, 0.3) is 0 Å². The van der Waals surface area contributed by atoms with Gasteiger partial charge in [0.05, 0.1) is 0 Å². The van der Waals surface area contributed by atoms with Crippen LogP contribution in [0.3, 0.4) is 0 Å². The molecule has 0 aliphatic rings. The van der Waals surface area contributed by atoms with Crippen molar-refractivity contribution in [1.82, 2.24) is 0 Å². The van der Waals surface area contributed by atoms with Crippen LogP contribution in [-0.4, -0.2) is 6.29 Å². The Kier molecular flexibility index (Phi) is 5.62. The first-order chi connectivity index (χ1) is 5.74. The average Bonchev–Trinajstić information content (AvgIpc) is 2.05. The van der Waals surface area contributed by atoms with E-state index in [0.717, 1.165) is 11.9 Å². The van der Waals surface area contributed by atoms with Gasteiger partial charge >= 0.3 is 0 Å². The van der Waals surface area contributed by atoms with Crippen molar-refractivity contribution in [2.24, 2.45) is 0 Å². The molecule has 0 aliphatic carbocycles. The van der Waals surface area contributed by atoms with Crippen LogP contribution >= 0.6 is 0 Å². The van der Waals surface area contributed by atoms with Gasteiger partial charge in [-0.1, -0.05) is 30.9 Å². The maximum Gasteiger partial charge on any atom is 0.145 e. The van der Waals surface area contributed by atoms with Crippen LogP contribution in [0, 0.1) is 0 Å². The summed E-state index contributed by atoms with van der Waals surface area (Å²) < 4.78 is 0. The minimum Gasteiger partial charge on any atom is -0.298 e. The summed E-state index contributed by atoms with van der Waals surface area (Å²) in [5.41, 5.74) is 1.69. The van der Waals surface area contributed by atoms with Gasteiger partial charge in [-0.3, -0.25) is 4.79 Å². The molecule has 0 heterocycles. The van der Waals surface area contributed by atoms with Crippen molar-refractivity contribution in [2.75, 3.05) is 0 Å². The molecule has 0 amide bonds. The first kappa shape index (κ1) is 10.6. The van der Waals surface area contributed by atoms with Gasteiger partial charge in [0, 0.05) is 0 Å². The number of carbonyl (C=O) groups excluding carboxylic acids is 1. The van der Waals surface area contributed by atoms with E-state index in [-0.39, 0.29) is 0 Å². The molecule has 1 heteroatoms. The monoisotopic (exact) mass is 162 g/mol. The van der Waals surface area contributed by atoms with Crippen LogP contribution < -0.4 is 0 Å². The lowest BCUT2D eigenvalue weighted by Gasteiger charge is -1.92. The lowest BCUT2D eigenvalue weighted by molar-refractivity contribution is -0.104. The van der Waals surface area contributed by atoms with Crippen molar-refractivity contribution < 1.29 is 4.79 Å². The molecule has 0 radical (unpaired) electrons. The number of hydrogen-bond donors (Lipinski definition) is 0. The van der Waals surface area contributed by atoms with Gasteiger partial charge in [0.1, 0.15) is 6.29 Å². The highest BCUT2D eigenvalue weighted by Crippen LogP contribution is 2.02. The second kappa shape index (κ2) is 6.35. The van der Waals surface area contributed by atoms with E-state index in [1.807, 2.05) is 31.2 Å². The van der Waals surface area contributed by atoms with Crippen molar-refractivity contribution in [1.29, 1.82) is 0 Å². The molecule has 0 aromatic rings. The van der Waals surface area contributed by atoms with Gasteiger partial charge in [0.15, 0.2) is 0 Å². The topological polar surface area (TPSA) is 17.1 Å². The fourth-order valence-corrected chi connectivity index (χ4v) is 0.777. The van der Waals surface area contributed by atoms with Crippen LogP contribution in [0.15, 0.2) is 48.1 Å². The third kappa shape index (κ3) is 4.45. The van der Waals surface area contributed by atoms with E-state index in [9.17, 15) is 4.79 Å². The van der Waals surface area contributed by atoms with E-state index in [1.165, 1.54) is 0 Å². The standard InChI is InChI=1S/C11H14O/c1-4-6-11(7-5-2)8-10(3)9-12/h4-9H,1H2,2-3H3/b7-5-,10-8+,11-6+. The van der Waals surface area contributed by atoms with Crippen LogP contribution in [-0.2, 0) is 4.79 Å². The molecule has 64 valence electrons. The lowest BCUT2D eigenvalue weighted by atomic mass is 10.1. The third-order valence-electron chi connectivity index (χ3n) is 1.25. The molecule has 0 rings (SSSR count). The van der Waals surface area contributed by atoms with Crippen molar-refractivity contribution in [3.05, 3.63) is 48.1 Å². The Bertz CT molecular complexity index is 242. The van der Waals surface area contributed by atoms with Gasteiger partial charge in [-0.05, 0) is 31.1 Å². The molecule has 1 nitrogen and oxygen atoms in total.